The van der Waals surface area contributed by atoms with Crippen LogP contribution in [0.3, 0.4) is 0 Å². The summed E-state index contributed by atoms with van der Waals surface area (Å²) >= 11 is 2.89. The number of nitrogens with zero attached hydrogens (tertiary/aromatic N) is 2. The molecule has 0 aliphatic carbocycles. The molecule has 0 atom stereocenters. The SMILES string of the molecule is CN(C)C=O.Nc1c(C(=O)c2ccc(F)cc2)sc2nc(-c3cccs3)cc(-c3ccccc3)c12. The molecule has 5 rings (SSSR count). The van der Waals surface area contributed by atoms with Gasteiger partial charge in [0.15, 0.2) is 0 Å². The quantitative estimate of drug-likeness (QED) is 0.224. The predicted octanol–water partition coefficient (Wildman–Crippen LogP) is 6.35. The number of carbonyl (C=O) groups excluding carboxylic acids is 2. The van der Waals surface area contributed by atoms with Gasteiger partial charge in [0.1, 0.15) is 15.5 Å². The van der Waals surface area contributed by atoms with Crippen molar-refractivity contribution in [1.29, 1.82) is 0 Å². The number of halogens is 1. The van der Waals surface area contributed by atoms with E-state index in [-0.39, 0.29) is 11.6 Å². The van der Waals surface area contributed by atoms with Crippen LogP contribution < -0.4 is 5.73 Å². The fourth-order valence-electron chi connectivity index (χ4n) is 3.42. The summed E-state index contributed by atoms with van der Waals surface area (Å²) in [5.41, 5.74) is 10.1. The van der Waals surface area contributed by atoms with E-state index in [1.54, 1.807) is 25.4 Å². The minimum atomic E-state index is -0.385. The van der Waals surface area contributed by atoms with E-state index in [1.165, 1.54) is 40.5 Å². The van der Waals surface area contributed by atoms with E-state index >= 15 is 0 Å². The summed E-state index contributed by atoms with van der Waals surface area (Å²) in [6.07, 6.45) is 0.750. The Labute approximate surface area is 210 Å². The van der Waals surface area contributed by atoms with Crippen LogP contribution in [0.4, 0.5) is 10.1 Å². The minimum absolute atomic E-state index is 0.229. The van der Waals surface area contributed by atoms with E-state index in [9.17, 15) is 14.0 Å². The number of nitrogen functional groups attached to an aromatic ring is 1. The minimum Gasteiger partial charge on any atom is -0.397 e. The number of hydrogen-bond donors (Lipinski definition) is 1. The summed E-state index contributed by atoms with van der Waals surface area (Å²) in [6.45, 7) is 0. The number of thiophene rings is 2. The zero-order chi connectivity index (χ0) is 24.9. The lowest BCUT2D eigenvalue weighted by molar-refractivity contribution is -0.115. The zero-order valence-electron chi connectivity index (χ0n) is 19.1. The Hall–Kier alpha value is -3.88. The van der Waals surface area contributed by atoms with Crippen LogP contribution >= 0.6 is 22.7 Å². The highest BCUT2D eigenvalue weighted by Gasteiger charge is 2.22. The highest BCUT2D eigenvalue weighted by atomic mass is 32.1. The van der Waals surface area contributed by atoms with Gasteiger partial charge in [0.05, 0.1) is 16.3 Å². The molecule has 1 amide bonds. The van der Waals surface area contributed by atoms with Crippen molar-refractivity contribution in [2.45, 2.75) is 0 Å². The number of ketones is 1. The number of carbonyl (C=O) groups is 2. The standard InChI is InChI=1S/C24H15FN2OS2.C3H7NO/c25-16-10-8-15(9-11-16)22(28)23-21(26)20-17(14-5-2-1-3-6-14)13-18(27-24(20)30-23)19-7-4-12-29-19;1-4(2)3-5/h1-13H,26H2;3H,1-2H3. The lowest BCUT2D eigenvalue weighted by atomic mass is 10.00. The van der Waals surface area contributed by atoms with Gasteiger partial charge in [0, 0.05) is 25.0 Å². The van der Waals surface area contributed by atoms with E-state index in [1.807, 2.05) is 53.9 Å². The van der Waals surface area contributed by atoms with Crippen molar-refractivity contribution in [2.24, 2.45) is 0 Å². The first-order valence-corrected chi connectivity index (χ1v) is 12.3. The van der Waals surface area contributed by atoms with E-state index in [4.69, 9.17) is 10.7 Å². The smallest absolute Gasteiger partial charge is 0.209 e. The van der Waals surface area contributed by atoms with Gasteiger partial charge in [-0.2, -0.15) is 0 Å². The maximum absolute atomic E-state index is 13.3. The molecule has 8 heteroatoms. The second-order valence-corrected chi connectivity index (χ2v) is 9.78. The molecule has 0 aliphatic rings. The van der Waals surface area contributed by atoms with Gasteiger partial charge >= 0.3 is 0 Å². The molecule has 3 aromatic heterocycles. The van der Waals surface area contributed by atoms with Crippen LogP contribution in [0.1, 0.15) is 15.2 Å². The molecule has 0 aliphatic heterocycles. The molecular weight excluding hydrogens is 481 g/mol. The van der Waals surface area contributed by atoms with E-state index in [2.05, 4.69) is 0 Å². The molecule has 0 saturated carbocycles. The Bertz CT molecular complexity index is 1460. The average molecular weight is 504 g/mol. The zero-order valence-corrected chi connectivity index (χ0v) is 20.7. The summed E-state index contributed by atoms with van der Waals surface area (Å²) in [6, 6.07) is 21.5. The van der Waals surface area contributed by atoms with Gasteiger partial charge in [0.2, 0.25) is 12.2 Å². The molecule has 2 aromatic carbocycles. The Morgan fingerprint density at radius 3 is 2.31 bits per heavy atom. The molecule has 0 unspecified atom stereocenters. The Kier molecular flexibility index (Phi) is 7.33. The van der Waals surface area contributed by atoms with Crippen molar-refractivity contribution in [1.82, 2.24) is 9.88 Å². The van der Waals surface area contributed by atoms with Crippen LogP contribution in [0.25, 0.3) is 31.9 Å². The summed E-state index contributed by atoms with van der Waals surface area (Å²) in [4.78, 5) is 31.0. The lowest BCUT2D eigenvalue weighted by Gasteiger charge is -2.08. The molecule has 0 spiro atoms. The molecule has 0 fully saturated rings. The van der Waals surface area contributed by atoms with Crippen molar-refractivity contribution in [2.75, 3.05) is 19.8 Å². The molecular formula is C27H22FN3O2S2. The van der Waals surface area contributed by atoms with Crippen molar-refractivity contribution in [3.63, 3.8) is 0 Å². The number of hydrogen-bond acceptors (Lipinski definition) is 6. The molecule has 5 nitrogen and oxygen atoms in total. The number of anilines is 1. The summed E-state index contributed by atoms with van der Waals surface area (Å²) in [5.74, 6) is -0.614. The first kappa shape index (κ1) is 24.3. The lowest BCUT2D eigenvalue weighted by Crippen LogP contribution is -2.06. The van der Waals surface area contributed by atoms with Crippen LogP contribution in [0.2, 0.25) is 0 Å². The van der Waals surface area contributed by atoms with Crippen LogP contribution in [0.15, 0.2) is 78.2 Å². The maximum atomic E-state index is 13.3. The highest BCUT2D eigenvalue weighted by Crippen LogP contribution is 2.42. The Balaban J connectivity index is 0.000000527. The van der Waals surface area contributed by atoms with Crippen LogP contribution in [0, 0.1) is 5.82 Å². The van der Waals surface area contributed by atoms with Crippen molar-refractivity contribution in [3.8, 4) is 21.7 Å². The van der Waals surface area contributed by atoms with Crippen molar-refractivity contribution >= 4 is 50.8 Å². The molecule has 0 radical (unpaired) electrons. The number of benzene rings is 2. The second-order valence-electron chi connectivity index (χ2n) is 7.83. The Morgan fingerprint density at radius 2 is 1.71 bits per heavy atom. The molecule has 0 saturated heterocycles. The topological polar surface area (TPSA) is 76.3 Å². The van der Waals surface area contributed by atoms with E-state index in [0.29, 0.717) is 21.0 Å². The highest BCUT2D eigenvalue weighted by molar-refractivity contribution is 7.21. The van der Waals surface area contributed by atoms with Gasteiger partial charge in [-0.3, -0.25) is 9.59 Å². The van der Waals surface area contributed by atoms with E-state index in [0.717, 1.165) is 33.5 Å². The summed E-state index contributed by atoms with van der Waals surface area (Å²) < 4.78 is 13.3. The van der Waals surface area contributed by atoms with E-state index < -0.39 is 0 Å². The number of fused-ring (bicyclic) bond motifs is 1. The summed E-state index contributed by atoms with van der Waals surface area (Å²) in [7, 11) is 3.38. The molecule has 3 heterocycles. The number of rotatable bonds is 5. The normalized spacial score (nSPS) is 10.5. The van der Waals surface area contributed by atoms with Crippen molar-refractivity contribution in [3.05, 3.63) is 94.4 Å². The third-order valence-electron chi connectivity index (χ3n) is 5.08. The fraction of sp³-hybridized carbons (Fsp3) is 0.0741. The molecule has 5 aromatic rings. The first-order valence-electron chi connectivity index (χ1n) is 10.6. The number of amides is 1. The average Bonchev–Trinajstić information content (AvgIpc) is 3.53. The fourth-order valence-corrected chi connectivity index (χ4v) is 5.19. The Morgan fingerprint density at radius 1 is 1.03 bits per heavy atom. The van der Waals surface area contributed by atoms with Crippen LogP contribution in [0.5, 0.6) is 0 Å². The molecule has 2 N–H and O–H groups in total. The van der Waals surface area contributed by atoms with Crippen LogP contribution in [-0.2, 0) is 4.79 Å². The molecule has 0 bridgehead atoms. The number of pyridine rings is 1. The van der Waals surface area contributed by atoms with Gasteiger partial charge in [-0.05, 0) is 52.9 Å². The second kappa shape index (κ2) is 10.6. The van der Waals surface area contributed by atoms with Gasteiger partial charge in [-0.25, -0.2) is 9.37 Å². The number of aromatic nitrogens is 1. The number of nitrogens with two attached hydrogens (primary N) is 1. The molecule has 176 valence electrons. The van der Waals surface area contributed by atoms with Crippen molar-refractivity contribution < 1.29 is 14.0 Å². The third-order valence-corrected chi connectivity index (χ3v) is 7.07. The first-order chi connectivity index (χ1) is 16.9. The van der Waals surface area contributed by atoms with Gasteiger partial charge in [0.25, 0.3) is 0 Å². The maximum Gasteiger partial charge on any atom is 0.209 e. The monoisotopic (exact) mass is 503 g/mol. The van der Waals surface area contributed by atoms with Gasteiger partial charge in [-0.1, -0.05) is 36.4 Å². The van der Waals surface area contributed by atoms with Crippen LogP contribution in [-0.4, -0.2) is 36.2 Å². The van der Waals surface area contributed by atoms with Gasteiger partial charge < -0.3 is 10.6 Å². The molecule has 35 heavy (non-hydrogen) atoms. The largest absolute Gasteiger partial charge is 0.397 e. The van der Waals surface area contributed by atoms with Gasteiger partial charge in [-0.15, -0.1) is 22.7 Å². The predicted molar refractivity (Wildman–Crippen MR) is 142 cm³/mol. The third kappa shape index (κ3) is 5.29. The summed E-state index contributed by atoms with van der Waals surface area (Å²) in [5, 5.41) is 2.78.